The van der Waals surface area contributed by atoms with Crippen LogP contribution in [0, 0.1) is 13.8 Å². The van der Waals surface area contributed by atoms with Gasteiger partial charge in [-0.15, -0.1) is 11.8 Å². The number of anilines is 2. The summed E-state index contributed by atoms with van der Waals surface area (Å²) < 4.78 is 17.6. The molecule has 182 valence electrons. The molecule has 2 aromatic carbocycles. The van der Waals surface area contributed by atoms with Crippen LogP contribution in [-0.2, 0) is 11.3 Å². The topological polar surface area (TPSA) is 130 Å². The molecule has 0 unspecified atom stereocenters. The highest BCUT2D eigenvalue weighted by molar-refractivity contribution is 7.98. The molecule has 4 rings (SSSR count). The summed E-state index contributed by atoms with van der Waals surface area (Å²) in [6, 6.07) is 11.1. The molecule has 2 aromatic heterocycles. The van der Waals surface area contributed by atoms with E-state index in [1.54, 1.807) is 32.4 Å². The van der Waals surface area contributed by atoms with Gasteiger partial charge in [0.2, 0.25) is 11.7 Å². The summed E-state index contributed by atoms with van der Waals surface area (Å²) in [4.78, 5) is 17.2. The number of nitrogens with one attached hydrogen (secondary N) is 1. The Balaban J connectivity index is 1.59. The summed E-state index contributed by atoms with van der Waals surface area (Å²) in [5.74, 6) is 1.71. The molecular formula is C24H26N6O4S. The second-order valence-electron chi connectivity index (χ2n) is 7.79. The lowest BCUT2D eigenvalue weighted by atomic mass is 10.1. The Morgan fingerprint density at radius 1 is 1.14 bits per heavy atom. The number of benzene rings is 2. The maximum Gasteiger partial charge on any atom is 0.264 e. The Morgan fingerprint density at radius 2 is 1.91 bits per heavy atom. The van der Waals surface area contributed by atoms with Crippen molar-refractivity contribution in [2.75, 3.05) is 31.5 Å². The molecule has 0 aliphatic heterocycles. The Hall–Kier alpha value is -3.99. The average molecular weight is 495 g/mol. The van der Waals surface area contributed by atoms with E-state index in [-0.39, 0.29) is 24.2 Å². The number of hydrogen-bond donors (Lipinski definition) is 2. The van der Waals surface area contributed by atoms with E-state index < -0.39 is 0 Å². The minimum absolute atomic E-state index is 0.0661. The number of nitrogens with two attached hydrogens (primary N) is 1. The van der Waals surface area contributed by atoms with E-state index in [1.807, 2.05) is 38.3 Å². The van der Waals surface area contributed by atoms with Gasteiger partial charge in [0.1, 0.15) is 23.0 Å². The first-order chi connectivity index (χ1) is 16.8. The van der Waals surface area contributed by atoms with Crippen LogP contribution < -0.4 is 20.5 Å². The molecule has 10 nitrogen and oxygen atoms in total. The van der Waals surface area contributed by atoms with Gasteiger partial charge in [-0.2, -0.15) is 10.1 Å². The molecule has 0 aliphatic carbocycles. The van der Waals surface area contributed by atoms with Crippen LogP contribution in [0.2, 0.25) is 0 Å². The van der Waals surface area contributed by atoms with Crippen LogP contribution in [0.15, 0.2) is 45.9 Å². The van der Waals surface area contributed by atoms with Crippen molar-refractivity contribution in [3.63, 3.8) is 0 Å². The van der Waals surface area contributed by atoms with Crippen LogP contribution in [0.3, 0.4) is 0 Å². The van der Waals surface area contributed by atoms with Crippen molar-refractivity contribution in [3.8, 4) is 34.3 Å². The summed E-state index contributed by atoms with van der Waals surface area (Å²) in [7, 11) is 3.12. The minimum Gasteiger partial charge on any atom is -0.493 e. The lowest BCUT2D eigenvalue weighted by molar-refractivity contribution is -0.116. The normalized spacial score (nSPS) is 10.9. The van der Waals surface area contributed by atoms with Crippen molar-refractivity contribution >= 4 is 29.2 Å². The number of ether oxygens (including phenoxy) is 2. The number of nitrogens with zero attached hydrogens (tertiary/aromatic N) is 4. The van der Waals surface area contributed by atoms with E-state index in [4.69, 9.17) is 19.7 Å². The monoisotopic (exact) mass is 494 g/mol. The summed E-state index contributed by atoms with van der Waals surface area (Å²) in [6.07, 6.45) is 1.86. The van der Waals surface area contributed by atoms with Crippen LogP contribution >= 0.6 is 11.8 Å². The smallest absolute Gasteiger partial charge is 0.264 e. The fourth-order valence-corrected chi connectivity index (χ4v) is 4.19. The van der Waals surface area contributed by atoms with Gasteiger partial charge in [0.25, 0.3) is 5.89 Å². The van der Waals surface area contributed by atoms with E-state index in [9.17, 15) is 4.79 Å². The minimum atomic E-state index is -0.248. The standard InChI is InChI=1S/C24H26N6O4S/c1-13-6-8-16(14(2)10-13)26-19(31)12-30-21(25)20(24(28-30)35-5)23-27-22(29-34-23)15-7-9-17(32-3)18(11-15)33-4/h6-11H,12,25H2,1-5H3,(H,26,31). The lowest BCUT2D eigenvalue weighted by Crippen LogP contribution is -2.21. The predicted octanol–water partition coefficient (Wildman–Crippen LogP) is 4.18. The molecule has 11 heteroatoms. The Kier molecular flexibility index (Phi) is 6.97. The Bertz CT molecular complexity index is 1380. The predicted molar refractivity (Wildman–Crippen MR) is 135 cm³/mol. The highest BCUT2D eigenvalue weighted by Crippen LogP contribution is 2.36. The number of amides is 1. The third-order valence-corrected chi connectivity index (χ3v) is 6.06. The van der Waals surface area contributed by atoms with E-state index in [0.29, 0.717) is 33.5 Å². The molecule has 4 aromatic rings. The van der Waals surface area contributed by atoms with Gasteiger partial charge in [-0.05, 0) is 49.9 Å². The molecule has 0 radical (unpaired) electrons. The Morgan fingerprint density at radius 3 is 2.60 bits per heavy atom. The summed E-state index contributed by atoms with van der Waals surface area (Å²) in [5.41, 5.74) is 10.4. The maximum atomic E-state index is 12.7. The van der Waals surface area contributed by atoms with E-state index in [1.165, 1.54) is 16.4 Å². The lowest BCUT2D eigenvalue weighted by Gasteiger charge is -2.10. The van der Waals surface area contributed by atoms with Crippen molar-refractivity contribution in [1.29, 1.82) is 0 Å². The third kappa shape index (κ3) is 4.94. The first-order valence-corrected chi connectivity index (χ1v) is 11.9. The molecule has 35 heavy (non-hydrogen) atoms. The second-order valence-corrected chi connectivity index (χ2v) is 8.58. The summed E-state index contributed by atoms with van der Waals surface area (Å²) >= 11 is 1.37. The first-order valence-electron chi connectivity index (χ1n) is 10.7. The molecule has 0 bridgehead atoms. The SMILES string of the molecule is COc1ccc(-c2noc(-c3c(SC)nn(CC(=O)Nc4ccc(C)cc4C)c3N)n2)cc1OC. The fraction of sp³-hybridized carbons (Fsp3) is 0.250. The van der Waals surface area contributed by atoms with Crippen LogP contribution in [0.25, 0.3) is 22.8 Å². The molecular weight excluding hydrogens is 468 g/mol. The fourth-order valence-electron chi connectivity index (χ4n) is 3.61. The number of carbonyl (C=O) groups is 1. The van der Waals surface area contributed by atoms with Gasteiger partial charge in [-0.1, -0.05) is 22.9 Å². The summed E-state index contributed by atoms with van der Waals surface area (Å²) in [5, 5.41) is 12.1. The third-order valence-electron chi connectivity index (χ3n) is 5.38. The van der Waals surface area contributed by atoms with Gasteiger partial charge in [-0.3, -0.25) is 4.79 Å². The van der Waals surface area contributed by atoms with Gasteiger partial charge in [0.15, 0.2) is 11.5 Å². The molecule has 0 aliphatic rings. The molecule has 0 spiro atoms. The number of aryl methyl sites for hydroxylation is 2. The zero-order valence-electron chi connectivity index (χ0n) is 20.1. The van der Waals surface area contributed by atoms with Gasteiger partial charge in [0, 0.05) is 11.3 Å². The van der Waals surface area contributed by atoms with Crippen LogP contribution in [0.1, 0.15) is 11.1 Å². The molecule has 1 amide bonds. The molecule has 0 atom stereocenters. The molecule has 3 N–H and O–H groups in total. The highest BCUT2D eigenvalue weighted by Gasteiger charge is 2.24. The zero-order chi connectivity index (χ0) is 25.1. The first kappa shape index (κ1) is 24.1. The highest BCUT2D eigenvalue weighted by atomic mass is 32.2. The number of rotatable bonds is 8. The Labute approximate surface area is 206 Å². The molecule has 2 heterocycles. The largest absolute Gasteiger partial charge is 0.493 e. The number of hydrogen-bond acceptors (Lipinski definition) is 9. The van der Waals surface area contributed by atoms with Crippen LogP contribution in [0.4, 0.5) is 11.5 Å². The number of aromatic nitrogens is 4. The van der Waals surface area contributed by atoms with Gasteiger partial charge in [0.05, 0.1) is 14.2 Å². The maximum absolute atomic E-state index is 12.7. The second kappa shape index (κ2) is 10.1. The van der Waals surface area contributed by atoms with E-state index in [0.717, 1.165) is 16.8 Å². The van der Waals surface area contributed by atoms with Crippen molar-refractivity contribution in [2.45, 2.75) is 25.4 Å². The van der Waals surface area contributed by atoms with Crippen molar-refractivity contribution in [3.05, 3.63) is 47.5 Å². The van der Waals surface area contributed by atoms with Gasteiger partial charge in [-0.25, -0.2) is 4.68 Å². The van der Waals surface area contributed by atoms with Gasteiger partial charge >= 0.3 is 0 Å². The number of methoxy groups -OCH3 is 2. The molecule has 0 saturated heterocycles. The van der Waals surface area contributed by atoms with Gasteiger partial charge < -0.3 is 25.0 Å². The van der Waals surface area contributed by atoms with Crippen molar-refractivity contribution in [1.82, 2.24) is 19.9 Å². The van der Waals surface area contributed by atoms with E-state index >= 15 is 0 Å². The van der Waals surface area contributed by atoms with E-state index in [2.05, 4.69) is 20.6 Å². The molecule has 0 fully saturated rings. The molecule has 0 saturated carbocycles. The van der Waals surface area contributed by atoms with Crippen LogP contribution in [0.5, 0.6) is 11.5 Å². The number of thioether (sulfide) groups is 1. The number of carbonyl (C=O) groups excluding carboxylic acids is 1. The average Bonchev–Trinajstić information content (AvgIpc) is 3.45. The number of nitrogen functional groups attached to an aromatic ring is 1. The zero-order valence-corrected chi connectivity index (χ0v) is 20.9. The van der Waals surface area contributed by atoms with Crippen LogP contribution in [-0.4, -0.2) is 46.3 Å². The van der Waals surface area contributed by atoms with Crippen molar-refractivity contribution in [2.24, 2.45) is 0 Å². The van der Waals surface area contributed by atoms with Crippen molar-refractivity contribution < 1.29 is 18.8 Å². The summed E-state index contributed by atoms with van der Waals surface area (Å²) in [6.45, 7) is 3.88. The quantitative estimate of drug-likeness (QED) is 0.346.